The number of nitrogens with zero attached hydrogens (tertiary/aromatic N) is 5. The van der Waals surface area contributed by atoms with E-state index >= 15 is 0 Å². The second kappa shape index (κ2) is 7.87. The van der Waals surface area contributed by atoms with E-state index in [1.54, 1.807) is 24.3 Å². The molecule has 154 valence electrons. The van der Waals surface area contributed by atoms with Gasteiger partial charge < -0.3 is 4.52 Å². The van der Waals surface area contributed by atoms with E-state index in [0.717, 1.165) is 16.8 Å². The molecular formula is C21H20ClN5O3. The maximum absolute atomic E-state index is 13.1. The average Bonchev–Trinajstić information content (AvgIpc) is 3.06. The molecule has 30 heavy (non-hydrogen) atoms. The minimum Gasteiger partial charge on any atom is -0.361 e. The van der Waals surface area contributed by atoms with Crippen LogP contribution >= 0.6 is 11.6 Å². The molecule has 3 heterocycles. The van der Waals surface area contributed by atoms with Gasteiger partial charge in [0, 0.05) is 35.4 Å². The summed E-state index contributed by atoms with van der Waals surface area (Å²) in [5.74, 6) is 1.11. The summed E-state index contributed by atoms with van der Waals surface area (Å²) < 4.78 is 7.89. The Balaban J connectivity index is 1.82. The molecular weight excluding hydrogens is 406 g/mol. The van der Waals surface area contributed by atoms with Gasteiger partial charge in [-0.2, -0.15) is 0 Å². The summed E-state index contributed by atoms with van der Waals surface area (Å²) in [4.78, 5) is 35.0. The molecule has 0 radical (unpaired) electrons. The molecule has 8 nitrogen and oxygen atoms in total. The normalized spacial score (nSPS) is 11.3. The van der Waals surface area contributed by atoms with Crippen LogP contribution in [0.2, 0.25) is 5.02 Å². The number of benzene rings is 1. The standard InChI is InChI=1S/C21H20ClN5O3/c1-4-26-19-17(11-23-18(24-19)14-5-7-15(22)8-6-14)20(28)27(21(26)29)10-9-16-12(2)25-30-13(16)3/h5-8,11H,4,9-10H2,1-3H3. The van der Waals surface area contributed by atoms with Gasteiger partial charge in [-0.05, 0) is 51.5 Å². The van der Waals surface area contributed by atoms with Crippen molar-refractivity contribution >= 4 is 22.6 Å². The van der Waals surface area contributed by atoms with E-state index in [0.29, 0.717) is 40.6 Å². The van der Waals surface area contributed by atoms with Crippen molar-refractivity contribution < 1.29 is 4.52 Å². The minimum atomic E-state index is -0.408. The highest BCUT2D eigenvalue weighted by molar-refractivity contribution is 6.30. The summed E-state index contributed by atoms with van der Waals surface area (Å²) in [6.07, 6.45) is 1.95. The molecule has 3 aromatic heterocycles. The van der Waals surface area contributed by atoms with E-state index in [2.05, 4.69) is 15.1 Å². The molecule has 0 fully saturated rings. The number of aromatic nitrogens is 5. The van der Waals surface area contributed by atoms with Crippen molar-refractivity contribution in [3.8, 4) is 11.4 Å². The predicted molar refractivity (Wildman–Crippen MR) is 114 cm³/mol. The van der Waals surface area contributed by atoms with Gasteiger partial charge in [0.25, 0.3) is 5.56 Å². The SMILES string of the molecule is CCn1c(=O)n(CCc2c(C)noc2C)c(=O)c2cnc(-c3ccc(Cl)cc3)nc21. The van der Waals surface area contributed by atoms with Crippen LogP contribution in [-0.4, -0.2) is 24.3 Å². The van der Waals surface area contributed by atoms with Gasteiger partial charge in [-0.3, -0.25) is 13.9 Å². The van der Waals surface area contributed by atoms with E-state index in [1.807, 2.05) is 20.8 Å². The molecule has 0 saturated carbocycles. The zero-order chi connectivity index (χ0) is 21.4. The Morgan fingerprint density at radius 2 is 1.83 bits per heavy atom. The van der Waals surface area contributed by atoms with Crippen molar-refractivity contribution in [2.45, 2.75) is 40.3 Å². The lowest BCUT2D eigenvalue weighted by atomic mass is 10.1. The van der Waals surface area contributed by atoms with E-state index in [-0.39, 0.29) is 6.54 Å². The molecule has 4 aromatic rings. The quantitative estimate of drug-likeness (QED) is 0.487. The first-order chi connectivity index (χ1) is 14.4. The molecule has 1 aromatic carbocycles. The van der Waals surface area contributed by atoms with Gasteiger partial charge in [-0.25, -0.2) is 14.8 Å². The van der Waals surface area contributed by atoms with Gasteiger partial charge in [-0.1, -0.05) is 16.8 Å². The van der Waals surface area contributed by atoms with Crippen LogP contribution in [0.15, 0.2) is 44.6 Å². The van der Waals surface area contributed by atoms with Crippen LogP contribution in [0.4, 0.5) is 0 Å². The molecule has 0 bridgehead atoms. The molecule has 0 N–H and O–H groups in total. The number of fused-ring (bicyclic) bond motifs is 1. The highest BCUT2D eigenvalue weighted by atomic mass is 35.5. The molecule has 0 aliphatic carbocycles. The maximum atomic E-state index is 13.1. The van der Waals surface area contributed by atoms with Crippen molar-refractivity contribution in [3.63, 3.8) is 0 Å². The summed E-state index contributed by atoms with van der Waals surface area (Å²) in [5, 5.41) is 4.83. The Morgan fingerprint density at radius 1 is 1.10 bits per heavy atom. The van der Waals surface area contributed by atoms with Crippen LogP contribution in [0.5, 0.6) is 0 Å². The molecule has 0 aliphatic rings. The molecule has 0 amide bonds. The van der Waals surface area contributed by atoms with Crippen molar-refractivity contribution in [1.82, 2.24) is 24.3 Å². The number of halogens is 1. The van der Waals surface area contributed by atoms with Crippen molar-refractivity contribution in [2.24, 2.45) is 0 Å². The summed E-state index contributed by atoms with van der Waals surface area (Å²) >= 11 is 5.95. The molecule has 0 spiro atoms. The molecule has 0 atom stereocenters. The summed E-state index contributed by atoms with van der Waals surface area (Å²) in [6, 6.07) is 7.07. The number of aryl methyl sites for hydroxylation is 3. The third kappa shape index (κ3) is 3.43. The van der Waals surface area contributed by atoms with Crippen LogP contribution in [0.1, 0.15) is 23.9 Å². The Kier molecular flexibility index (Phi) is 5.26. The van der Waals surface area contributed by atoms with Gasteiger partial charge in [0.1, 0.15) is 11.1 Å². The number of hydrogen-bond acceptors (Lipinski definition) is 6. The first-order valence-corrected chi connectivity index (χ1v) is 9.96. The third-order valence-corrected chi connectivity index (χ3v) is 5.40. The summed E-state index contributed by atoms with van der Waals surface area (Å²) in [7, 11) is 0. The maximum Gasteiger partial charge on any atom is 0.332 e. The Hall–Kier alpha value is -3.26. The fraction of sp³-hybridized carbons (Fsp3) is 0.286. The zero-order valence-electron chi connectivity index (χ0n) is 16.8. The van der Waals surface area contributed by atoms with Gasteiger partial charge in [0.05, 0.1) is 5.69 Å². The van der Waals surface area contributed by atoms with E-state index in [4.69, 9.17) is 16.1 Å². The highest BCUT2D eigenvalue weighted by Gasteiger charge is 2.17. The molecule has 0 aliphatic heterocycles. The summed E-state index contributed by atoms with van der Waals surface area (Å²) in [5.41, 5.74) is 1.92. The molecule has 0 unspecified atom stereocenters. The van der Waals surface area contributed by atoms with Crippen molar-refractivity contribution in [3.05, 3.63) is 73.3 Å². The fourth-order valence-corrected chi connectivity index (χ4v) is 3.63. The van der Waals surface area contributed by atoms with E-state index in [9.17, 15) is 9.59 Å². The predicted octanol–water partition coefficient (Wildman–Crippen LogP) is 3.14. The van der Waals surface area contributed by atoms with E-state index in [1.165, 1.54) is 15.3 Å². The van der Waals surface area contributed by atoms with Crippen LogP contribution in [0.25, 0.3) is 22.4 Å². The fourth-order valence-electron chi connectivity index (χ4n) is 3.50. The van der Waals surface area contributed by atoms with Crippen molar-refractivity contribution in [1.29, 1.82) is 0 Å². The number of rotatable bonds is 5. The van der Waals surface area contributed by atoms with Gasteiger partial charge in [-0.15, -0.1) is 0 Å². The van der Waals surface area contributed by atoms with Gasteiger partial charge >= 0.3 is 5.69 Å². The minimum absolute atomic E-state index is 0.218. The topological polar surface area (TPSA) is 95.8 Å². The van der Waals surface area contributed by atoms with Gasteiger partial charge in [0.15, 0.2) is 11.5 Å². The Labute approximate surface area is 176 Å². The first kappa shape index (κ1) is 20.0. The van der Waals surface area contributed by atoms with Crippen LogP contribution in [0, 0.1) is 13.8 Å². The number of hydrogen-bond donors (Lipinski definition) is 0. The van der Waals surface area contributed by atoms with E-state index < -0.39 is 11.2 Å². The lowest BCUT2D eigenvalue weighted by molar-refractivity contribution is 0.392. The van der Waals surface area contributed by atoms with Crippen LogP contribution in [-0.2, 0) is 19.5 Å². The van der Waals surface area contributed by atoms with Crippen LogP contribution < -0.4 is 11.2 Å². The third-order valence-electron chi connectivity index (χ3n) is 5.15. The smallest absolute Gasteiger partial charge is 0.332 e. The lowest BCUT2D eigenvalue weighted by Crippen LogP contribution is -2.40. The van der Waals surface area contributed by atoms with Gasteiger partial charge in [0.2, 0.25) is 0 Å². The first-order valence-electron chi connectivity index (χ1n) is 9.58. The molecule has 9 heteroatoms. The highest BCUT2D eigenvalue weighted by Crippen LogP contribution is 2.19. The second-order valence-corrected chi connectivity index (χ2v) is 7.41. The zero-order valence-corrected chi connectivity index (χ0v) is 17.6. The Bertz CT molecular complexity index is 1330. The average molecular weight is 426 g/mol. The largest absolute Gasteiger partial charge is 0.361 e. The lowest BCUT2D eigenvalue weighted by Gasteiger charge is -2.12. The molecule has 0 saturated heterocycles. The van der Waals surface area contributed by atoms with Crippen molar-refractivity contribution in [2.75, 3.05) is 0 Å². The monoisotopic (exact) mass is 425 g/mol. The van der Waals surface area contributed by atoms with Crippen LogP contribution in [0.3, 0.4) is 0 Å². The summed E-state index contributed by atoms with van der Waals surface area (Å²) in [6.45, 7) is 6.09. The molecule has 4 rings (SSSR count). The second-order valence-electron chi connectivity index (χ2n) is 6.97. The Morgan fingerprint density at radius 3 is 2.47 bits per heavy atom.